The molecule has 2 N–H and O–H groups in total. The van der Waals surface area contributed by atoms with Crippen LogP contribution in [0, 0.1) is 17.1 Å². The molecule has 0 spiro atoms. The highest BCUT2D eigenvalue weighted by Gasteiger charge is 2.07. The van der Waals surface area contributed by atoms with Gasteiger partial charge in [0.2, 0.25) is 0 Å². The van der Waals surface area contributed by atoms with Crippen LogP contribution < -0.4 is 5.73 Å². The fourth-order valence-electron chi connectivity index (χ4n) is 1.50. The number of amides is 1. The number of nitriles is 1. The number of hydrogen-bond acceptors (Lipinski definition) is 3. The highest BCUT2D eigenvalue weighted by atomic mass is 19.1. The molecule has 1 aromatic carbocycles. The summed E-state index contributed by atoms with van der Waals surface area (Å²) in [5.74, 6) is -0.319. The lowest BCUT2D eigenvalue weighted by Gasteiger charge is -1.96. The Morgan fingerprint density at radius 2 is 1.95 bits per heavy atom. The minimum absolute atomic E-state index is 0.194. The molecule has 19 heavy (non-hydrogen) atoms. The number of nitrogens with zero attached hydrogens (tertiary/aromatic N) is 1. The van der Waals surface area contributed by atoms with Crippen molar-refractivity contribution in [1.82, 2.24) is 0 Å². The minimum atomic E-state index is -0.817. The number of furan rings is 1. The van der Waals surface area contributed by atoms with E-state index in [9.17, 15) is 9.18 Å². The molecule has 2 rings (SSSR count). The summed E-state index contributed by atoms with van der Waals surface area (Å²) in [5.41, 5.74) is 5.52. The van der Waals surface area contributed by atoms with Gasteiger partial charge in [0.05, 0.1) is 0 Å². The lowest BCUT2D eigenvalue weighted by Crippen LogP contribution is -2.12. The molecular weight excluding hydrogens is 247 g/mol. The summed E-state index contributed by atoms with van der Waals surface area (Å²) in [6.45, 7) is 0. The second-order valence-electron chi connectivity index (χ2n) is 3.74. The predicted molar refractivity (Wildman–Crippen MR) is 66.9 cm³/mol. The number of hydrogen-bond donors (Lipinski definition) is 1. The lowest BCUT2D eigenvalue weighted by molar-refractivity contribution is -0.114. The van der Waals surface area contributed by atoms with Crippen molar-refractivity contribution in [2.24, 2.45) is 5.73 Å². The normalized spacial score (nSPS) is 11.1. The van der Waals surface area contributed by atoms with Crippen LogP contribution in [0.5, 0.6) is 0 Å². The van der Waals surface area contributed by atoms with Gasteiger partial charge < -0.3 is 10.2 Å². The van der Waals surface area contributed by atoms with Crippen molar-refractivity contribution in [1.29, 1.82) is 5.26 Å². The van der Waals surface area contributed by atoms with Crippen LogP contribution in [0.4, 0.5) is 4.39 Å². The highest BCUT2D eigenvalue weighted by Crippen LogP contribution is 2.23. The Bertz CT molecular complexity index is 678. The van der Waals surface area contributed by atoms with Crippen molar-refractivity contribution < 1.29 is 13.6 Å². The molecule has 5 heteroatoms. The number of nitrogens with two attached hydrogens (primary N) is 1. The van der Waals surface area contributed by atoms with Gasteiger partial charge in [-0.05, 0) is 36.4 Å². The fraction of sp³-hybridized carbons (Fsp3) is 0. The Balaban J connectivity index is 2.32. The second kappa shape index (κ2) is 5.19. The molecule has 1 aromatic heterocycles. The van der Waals surface area contributed by atoms with Gasteiger partial charge in [0.25, 0.3) is 5.91 Å². The SMILES string of the molecule is N#C/C(=C\c1ccc(-c2ccc(F)cc2)o1)C(N)=O. The van der Waals surface area contributed by atoms with Crippen molar-refractivity contribution in [3.8, 4) is 17.4 Å². The van der Waals surface area contributed by atoms with Crippen molar-refractivity contribution in [3.05, 3.63) is 53.5 Å². The number of primary amides is 1. The molecule has 0 saturated heterocycles. The van der Waals surface area contributed by atoms with E-state index in [0.29, 0.717) is 17.1 Å². The van der Waals surface area contributed by atoms with E-state index >= 15 is 0 Å². The Labute approximate surface area is 108 Å². The summed E-state index contributed by atoms with van der Waals surface area (Å²) < 4.78 is 18.2. The van der Waals surface area contributed by atoms with E-state index in [4.69, 9.17) is 15.4 Å². The number of carbonyl (C=O) groups excluding carboxylic acids is 1. The maximum Gasteiger partial charge on any atom is 0.259 e. The van der Waals surface area contributed by atoms with Gasteiger partial charge in [-0.1, -0.05) is 0 Å². The van der Waals surface area contributed by atoms with E-state index in [-0.39, 0.29) is 11.4 Å². The first-order valence-electron chi connectivity index (χ1n) is 5.37. The molecular formula is C14H9FN2O2. The monoisotopic (exact) mass is 256 g/mol. The molecule has 1 heterocycles. The summed E-state index contributed by atoms with van der Waals surface area (Å²) in [7, 11) is 0. The summed E-state index contributed by atoms with van der Waals surface area (Å²) in [6, 6.07) is 10.7. The Kier molecular flexibility index (Phi) is 3.44. The minimum Gasteiger partial charge on any atom is -0.457 e. The van der Waals surface area contributed by atoms with Gasteiger partial charge in [-0.3, -0.25) is 4.79 Å². The molecule has 0 bridgehead atoms. The molecule has 1 amide bonds. The van der Waals surface area contributed by atoms with Crippen molar-refractivity contribution in [2.45, 2.75) is 0 Å². The number of halogens is 1. The first kappa shape index (κ1) is 12.6. The summed E-state index contributed by atoms with van der Waals surface area (Å²) in [5, 5.41) is 8.71. The second-order valence-corrected chi connectivity index (χ2v) is 3.74. The van der Waals surface area contributed by atoms with Gasteiger partial charge in [0.1, 0.15) is 29.0 Å². The van der Waals surface area contributed by atoms with E-state index in [1.54, 1.807) is 30.3 Å². The quantitative estimate of drug-likeness (QED) is 0.676. The Morgan fingerprint density at radius 3 is 2.53 bits per heavy atom. The summed E-state index contributed by atoms with van der Waals surface area (Å²) in [6.07, 6.45) is 1.26. The fourth-order valence-corrected chi connectivity index (χ4v) is 1.50. The zero-order valence-electron chi connectivity index (χ0n) is 9.76. The van der Waals surface area contributed by atoms with Crippen LogP contribution in [0.3, 0.4) is 0 Å². The Hall–Kier alpha value is -2.87. The van der Waals surface area contributed by atoms with E-state index in [1.165, 1.54) is 18.2 Å². The lowest BCUT2D eigenvalue weighted by atomic mass is 10.2. The number of rotatable bonds is 3. The molecule has 0 unspecified atom stereocenters. The summed E-state index contributed by atoms with van der Waals surface area (Å²) in [4.78, 5) is 10.9. The molecule has 0 radical (unpaired) electrons. The predicted octanol–water partition coefficient (Wildman–Crippen LogP) is 2.48. The van der Waals surface area contributed by atoms with E-state index in [1.807, 2.05) is 0 Å². The van der Waals surface area contributed by atoms with Crippen LogP contribution in [0.25, 0.3) is 17.4 Å². The number of carbonyl (C=O) groups is 1. The zero-order chi connectivity index (χ0) is 13.8. The molecule has 94 valence electrons. The summed E-state index contributed by atoms with van der Waals surface area (Å²) >= 11 is 0. The Morgan fingerprint density at radius 1 is 1.26 bits per heavy atom. The third kappa shape index (κ3) is 2.87. The van der Waals surface area contributed by atoms with E-state index < -0.39 is 5.91 Å². The maximum atomic E-state index is 12.8. The third-order valence-corrected chi connectivity index (χ3v) is 2.43. The van der Waals surface area contributed by atoms with E-state index in [0.717, 1.165) is 0 Å². The highest BCUT2D eigenvalue weighted by molar-refractivity contribution is 6.00. The van der Waals surface area contributed by atoms with Crippen LogP contribution in [0.1, 0.15) is 5.76 Å². The number of benzene rings is 1. The smallest absolute Gasteiger partial charge is 0.259 e. The first-order chi connectivity index (χ1) is 9.10. The standard InChI is InChI=1S/C14H9FN2O2/c15-11-3-1-9(2-4-11)13-6-5-12(19-13)7-10(8-16)14(17)18/h1-7H,(H2,17,18)/b10-7+. The molecule has 0 aliphatic rings. The molecule has 0 saturated carbocycles. The zero-order valence-corrected chi connectivity index (χ0v) is 9.76. The van der Waals surface area contributed by atoms with Crippen LogP contribution in [-0.4, -0.2) is 5.91 Å². The van der Waals surface area contributed by atoms with Gasteiger partial charge in [0.15, 0.2) is 0 Å². The van der Waals surface area contributed by atoms with Crippen LogP contribution in [0.15, 0.2) is 46.4 Å². The average Bonchev–Trinajstić information content (AvgIpc) is 2.85. The van der Waals surface area contributed by atoms with Crippen LogP contribution in [0.2, 0.25) is 0 Å². The van der Waals surface area contributed by atoms with E-state index in [2.05, 4.69) is 0 Å². The van der Waals surface area contributed by atoms with Gasteiger partial charge in [-0.15, -0.1) is 0 Å². The molecule has 0 fully saturated rings. The maximum absolute atomic E-state index is 12.8. The molecule has 0 aliphatic carbocycles. The first-order valence-corrected chi connectivity index (χ1v) is 5.37. The largest absolute Gasteiger partial charge is 0.457 e. The third-order valence-electron chi connectivity index (χ3n) is 2.43. The topological polar surface area (TPSA) is 80.0 Å². The molecule has 0 aliphatic heterocycles. The van der Waals surface area contributed by atoms with Crippen molar-refractivity contribution >= 4 is 12.0 Å². The van der Waals surface area contributed by atoms with Gasteiger partial charge in [0, 0.05) is 11.6 Å². The van der Waals surface area contributed by atoms with Crippen LogP contribution >= 0.6 is 0 Å². The van der Waals surface area contributed by atoms with Gasteiger partial charge in [-0.25, -0.2) is 4.39 Å². The van der Waals surface area contributed by atoms with Gasteiger partial charge >= 0.3 is 0 Å². The van der Waals surface area contributed by atoms with Crippen molar-refractivity contribution in [3.63, 3.8) is 0 Å². The molecule has 4 nitrogen and oxygen atoms in total. The average molecular weight is 256 g/mol. The van der Waals surface area contributed by atoms with Gasteiger partial charge in [-0.2, -0.15) is 5.26 Å². The van der Waals surface area contributed by atoms with Crippen molar-refractivity contribution in [2.75, 3.05) is 0 Å². The van der Waals surface area contributed by atoms with Crippen LogP contribution in [-0.2, 0) is 4.79 Å². The molecule has 2 aromatic rings. The molecule has 0 atom stereocenters.